The lowest BCUT2D eigenvalue weighted by atomic mass is 9.97. The third-order valence-corrected chi connectivity index (χ3v) is 8.01. The van der Waals surface area contributed by atoms with Gasteiger partial charge >= 0.3 is 0 Å². The number of halogens is 1. The van der Waals surface area contributed by atoms with Crippen LogP contribution in [-0.2, 0) is 11.2 Å². The summed E-state index contributed by atoms with van der Waals surface area (Å²) in [6.07, 6.45) is 12.4. The maximum Gasteiger partial charge on any atom is 0.227 e. The Morgan fingerprint density at radius 2 is 1.90 bits per heavy atom. The molecule has 2 aliphatic rings. The van der Waals surface area contributed by atoms with Gasteiger partial charge in [0.25, 0.3) is 0 Å². The second-order valence-corrected chi connectivity index (χ2v) is 11.0. The number of aromatic nitrogens is 5. The van der Waals surface area contributed by atoms with Crippen molar-refractivity contribution < 1.29 is 9.18 Å². The number of allylic oxidation sites excluding steroid dienone is 3. The molecule has 8 heteroatoms. The molecule has 0 saturated heterocycles. The van der Waals surface area contributed by atoms with Gasteiger partial charge in [-0.25, -0.2) is 9.37 Å². The molecule has 41 heavy (non-hydrogen) atoms. The predicted octanol–water partition coefficient (Wildman–Crippen LogP) is 7.22. The van der Waals surface area contributed by atoms with Crippen LogP contribution in [0.2, 0.25) is 0 Å². The molecule has 4 heterocycles. The summed E-state index contributed by atoms with van der Waals surface area (Å²) in [6.45, 7) is 2.09. The van der Waals surface area contributed by atoms with Crippen LogP contribution < -0.4 is 5.32 Å². The average molecular weight is 545 g/mol. The van der Waals surface area contributed by atoms with E-state index in [9.17, 15) is 9.18 Å². The van der Waals surface area contributed by atoms with Gasteiger partial charge in [0.1, 0.15) is 17.0 Å². The van der Waals surface area contributed by atoms with Crippen LogP contribution in [0.15, 0.2) is 78.6 Å². The molecule has 0 atom stereocenters. The van der Waals surface area contributed by atoms with Crippen LogP contribution in [0.25, 0.3) is 39.3 Å². The van der Waals surface area contributed by atoms with E-state index in [4.69, 9.17) is 4.98 Å². The summed E-state index contributed by atoms with van der Waals surface area (Å²) >= 11 is 0. The Hall–Kier alpha value is -4.85. The van der Waals surface area contributed by atoms with Crippen molar-refractivity contribution in [3.05, 3.63) is 101 Å². The van der Waals surface area contributed by atoms with Gasteiger partial charge in [0.05, 0.1) is 28.8 Å². The molecule has 204 valence electrons. The highest BCUT2D eigenvalue weighted by Gasteiger charge is 2.23. The Bertz CT molecular complexity index is 1860. The number of rotatable bonds is 5. The molecule has 7 rings (SSSR count). The summed E-state index contributed by atoms with van der Waals surface area (Å²) < 4.78 is 14.1. The van der Waals surface area contributed by atoms with E-state index in [0.717, 1.165) is 82.5 Å². The molecule has 5 aromatic rings. The van der Waals surface area contributed by atoms with Crippen molar-refractivity contribution in [3.63, 3.8) is 0 Å². The minimum absolute atomic E-state index is 0.0604. The molecule has 2 aliphatic carbocycles. The van der Waals surface area contributed by atoms with Gasteiger partial charge in [0.2, 0.25) is 5.91 Å². The van der Waals surface area contributed by atoms with Crippen LogP contribution in [0, 0.1) is 11.7 Å². The number of nitrogens with one attached hydrogen (secondary N) is 3. The second kappa shape index (κ2) is 10.3. The molecule has 0 unspecified atom stereocenters. The molecule has 4 aromatic heterocycles. The first kappa shape index (κ1) is 25.1. The molecule has 0 bridgehead atoms. The van der Waals surface area contributed by atoms with Crippen LogP contribution in [0.5, 0.6) is 0 Å². The van der Waals surface area contributed by atoms with E-state index in [1.165, 1.54) is 11.6 Å². The van der Waals surface area contributed by atoms with Crippen LogP contribution in [0.3, 0.4) is 0 Å². The third-order valence-electron chi connectivity index (χ3n) is 8.01. The molecule has 1 fully saturated rings. The minimum atomic E-state index is -0.266. The summed E-state index contributed by atoms with van der Waals surface area (Å²) in [5, 5.41) is 10.8. The Labute approximate surface area is 236 Å². The van der Waals surface area contributed by atoms with Gasteiger partial charge in [-0.2, -0.15) is 5.10 Å². The van der Waals surface area contributed by atoms with E-state index in [-0.39, 0.29) is 17.6 Å². The smallest absolute Gasteiger partial charge is 0.227 e. The van der Waals surface area contributed by atoms with Crippen LogP contribution in [0.4, 0.5) is 10.1 Å². The number of amides is 1. The number of H-pyrrole nitrogens is 2. The first-order valence-corrected chi connectivity index (χ1v) is 14.0. The highest BCUT2D eigenvalue weighted by Crippen LogP contribution is 2.36. The molecule has 0 aliphatic heterocycles. The van der Waals surface area contributed by atoms with E-state index < -0.39 is 0 Å². The number of fused-ring (bicyclic) bond motifs is 2. The van der Waals surface area contributed by atoms with E-state index in [0.29, 0.717) is 11.4 Å². The summed E-state index contributed by atoms with van der Waals surface area (Å²) in [7, 11) is 0. The third kappa shape index (κ3) is 4.86. The summed E-state index contributed by atoms with van der Waals surface area (Å²) in [5.74, 6) is -0.129. The number of nitrogens with zero attached hydrogens (tertiary/aromatic N) is 3. The fourth-order valence-corrected chi connectivity index (χ4v) is 5.89. The Morgan fingerprint density at radius 1 is 1.02 bits per heavy atom. The molecule has 1 aromatic carbocycles. The molecule has 1 saturated carbocycles. The van der Waals surface area contributed by atoms with Crippen molar-refractivity contribution >= 4 is 28.2 Å². The highest BCUT2D eigenvalue weighted by atomic mass is 19.1. The number of pyridine rings is 2. The Balaban J connectivity index is 1.24. The van der Waals surface area contributed by atoms with E-state index in [1.807, 2.05) is 24.3 Å². The van der Waals surface area contributed by atoms with Gasteiger partial charge in [0.15, 0.2) is 0 Å². The SMILES string of the molecule is CC1=CC=C(c2cccc(F)c2)c2cc(-c3n[nH]c4ccc(-c5cncc(NC(=O)C6CCCC6)c5)nc34)[nH]c2C1. The molecule has 7 nitrogen and oxygen atoms in total. The summed E-state index contributed by atoms with van der Waals surface area (Å²) in [5.41, 5.74) is 10.3. The van der Waals surface area contributed by atoms with Crippen LogP contribution in [-0.4, -0.2) is 31.1 Å². The number of aromatic amines is 2. The summed E-state index contributed by atoms with van der Waals surface area (Å²) in [6, 6.07) is 14.5. The Morgan fingerprint density at radius 3 is 2.76 bits per heavy atom. The molecule has 0 radical (unpaired) electrons. The fourth-order valence-electron chi connectivity index (χ4n) is 5.89. The van der Waals surface area contributed by atoms with Gasteiger partial charge in [-0.3, -0.25) is 14.9 Å². The maximum absolute atomic E-state index is 14.1. The highest BCUT2D eigenvalue weighted by molar-refractivity contribution is 5.94. The van der Waals surface area contributed by atoms with Crippen LogP contribution >= 0.6 is 0 Å². The molecule has 1 amide bonds. The number of carbonyl (C=O) groups is 1. The van der Waals surface area contributed by atoms with E-state index in [2.05, 4.69) is 50.6 Å². The lowest BCUT2D eigenvalue weighted by Crippen LogP contribution is -2.20. The van der Waals surface area contributed by atoms with Crippen molar-refractivity contribution in [3.8, 4) is 22.6 Å². The Kier molecular flexibility index (Phi) is 6.30. The van der Waals surface area contributed by atoms with Gasteiger partial charge < -0.3 is 10.3 Å². The van der Waals surface area contributed by atoms with E-state index in [1.54, 1.807) is 24.5 Å². The number of anilines is 1. The molecule has 0 spiro atoms. The molecular weight excluding hydrogens is 515 g/mol. The minimum Gasteiger partial charge on any atom is -0.356 e. The summed E-state index contributed by atoms with van der Waals surface area (Å²) in [4.78, 5) is 25.6. The standard InChI is InChI=1S/C33H29FN6O/c1-19-9-10-25(21-7-4-8-23(34)14-21)26-16-30(37-29(26)13-19)32-31-28(39-40-32)12-11-27(38-31)22-15-24(18-35-17-22)36-33(41)20-5-2-3-6-20/h4,7-12,14-18,20,37H,2-3,5-6,13H2,1H3,(H,36,41)(H,39,40). The lowest BCUT2D eigenvalue weighted by Gasteiger charge is -2.11. The average Bonchev–Trinajstić information content (AvgIpc) is 3.72. The van der Waals surface area contributed by atoms with Crippen molar-refractivity contribution in [2.24, 2.45) is 5.92 Å². The van der Waals surface area contributed by atoms with Crippen molar-refractivity contribution in [2.45, 2.75) is 39.0 Å². The first-order chi connectivity index (χ1) is 20.0. The van der Waals surface area contributed by atoms with Crippen molar-refractivity contribution in [1.82, 2.24) is 25.1 Å². The van der Waals surface area contributed by atoms with Gasteiger partial charge in [-0.15, -0.1) is 0 Å². The zero-order valence-corrected chi connectivity index (χ0v) is 22.7. The molecule has 3 N–H and O–H groups in total. The van der Waals surface area contributed by atoms with Gasteiger partial charge in [-0.05, 0) is 67.3 Å². The predicted molar refractivity (Wildman–Crippen MR) is 158 cm³/mol. The van der Waals surface area contributed by atoms with Crippen LogP contribution in [0.1, 0.15) is 49.4 Å². The number of carbonyl (C=O) groups excluding carboxylic acids is 1. The molecular formula is C33H29FN6O. The van der Waals surface area contributed by atoms with Crippen molar-refractivity contribution in [2.75, 3.05) is 5.32 Å². The fraction of sp³-hybridized carbons (Fsp3) is 0.212. The number of hydrogen-bond acceptors (Lipinski definition) is 4. The topological polar surface area (TPSA) is 99.3 Å². The maximum atomic E-state index is 14.1. The number of benzene rings is 1. The van der Waals surface area contributed by atoms with Crippen molar-refractivity contribution in [1.29, 1.82) is 0 Å². The zero-order chi connectivity index (χ0) is 27.9. The lowest BCUT2D eigenvalue weighted by molar-refractivity contribution is -0.119. The van der Waals surface area contributed by atoms with Gasteiger partial charge in [0, 0.05) is 35.4 Å². The zero-order valence-electron chi connectivity index (χ0n) is 22.7. The normalized spacial score (nSPS) is 15.4. The second-order valence-electron chi connectivity index (χ2n) is 11.0. The number of hydrogen-bond donors (Lipinski definition) is 3. The van der Waals surface area contributed by atoms with E-state index >= 15 is 0 Å². The monoisotopic (exact) mass is 544 g/mol. The first-order valence-electron chi connectivity index (χ1n) is 14.0. The van der Waals surface area contributed by atoms with Gasteiger partial charge in [-0.1, -0.05) is 42.7 Å². The quantitative estimate of drug-likeness (QED) is 0.218. The largest absolute Gasteiger partial charge is 0.356 e.